The minimum absolute atomic E-state index is 0.160. The van der Waals surface area contributed by atoms with Gasteiger partial charge in [0.05, 0.1) is 29.6 Å². The summed E-state index contributed by atoms with van der Waals surface area (Å²) in [4.78, 5) is 0. The zero-order valence-corrected chi connectivity index (χ0v) is 18.8. The summed E-state index contributed by atoms with van der Waals surface area (Å²) in [5.41, 5.74) is 6.83. The number of hydrogen-bond donors (Lipinski definition) is 1. The Morgan fingerprint density at radius 3 is 2.77 bits per heavy atom. The van der Waals surface area contributed by atoms with E-state index in [-0.39, 0.29) is 6.10 Å². The molecule has 3 heterocycles. The van der Waals surface area contributed by atoms with Gasteiger partial charge in [0.25, 0.3) is 0 Å². The topological polar surface area (TPSA) is 26.2 Å². The van der Waals surface area contributed by atoms with E-state index < -0.39 is 0 Å². The summed E-state index contributed by atoms with van der Waals surface area (Å²) in [6.45, 7) is 7.86. The fourth-order valence-electron chi connectivity index (χ4n) is 6.70. The highest BCUT2D eigenvalue weighted by atomic mass is 16.5. The van der Waals surface area contributed by atoms with Gasteiger partial charge in [-0.05, 0) is 73.7 Å². The van der Waals surface area contributed by atoms with Crippen LogP contribution in [0.3, 0.4) is 0 Å². The molecule has 3 heteroatoms. The average Bonchev–Trinajstić information content (AvgIpc) is 3.02. The van der Waals surface area contributed by atoms with E-state index in [9.17, 15) is 0 Å². The largest absolute Gasteiger partial charge is 0.367 e. The Labute approximate surface area is 185 Å². The first-order valence-electron chi connectivity index (χ1n) is 12.2. The Bertz CT molecular complexity index is 1100. The Morgan fingerprint density at radius 1 is 1.00 bits per heavy atom. The van der Waals surface area contributed by atoms with E-state index in [0.29, 0.717) is 12.5 Å². The van der Waals surface area contributed by atoms with Crippen LogP contribution in [0.15, 0.2) is 48.5 Å². The van der Waals surface area contributed by atoms with Crippen LogP contribution in [0.25, 0.3) is 16.6 Å². The number of fused-ring (bicyclic) bond motifs is 6. The molecule has 0 radical (unpaired) electrons. The fourth-order valence-corrected chi connectivity index (χ4v) is 6.70. The Kier molecular flexibility index (Phi) is 4.92. The second kappa shape index (κ2) is 7.79. The van der Waals surface area contributed by atoms with E-state index in [1.165, 1.54) is 46.3 Å². The predicted molar refractivity (Wildman–Crippen MR) is 127 cm³/mol. The van der Waals surface area contributed by atoms with Gasteiger partial charge in [0.1, 0.15) is 0 Å². The lowest BCUT2D eigenvalue weighted by Gasteiger charge is -2.42. The lowest BCUT2D eigenvalue weighted by Crippen LogP contribution is -2.39. The Hall–Kier alpha value is -2.10. The maximum atomic E-state index is 6.79. The van der Waals surface area contributed by atoms with Gasteiger partial charge in [-0.25, -0.2) is 0 Å². The smallest absolute Gasteiger partial charge is 0.0988 e. The standard InChI is InChI=1S/C28H34N2O/c1-18-11-12-20-16-29-14-13-23-22-8-4-6-10-26(22)30-25-9-5-3-7-21(25)17-31-27(28(23)30)15-24(20)19(18)2/h3-10,18-20,24,27,29H,11-17H2,1-2H3/t18-,19-,20-,24+,27-/m0/s1. The fraction of sp³-hybridized carbons (Fsp3) is 0.500. The highest BCUT2D eigenvalue weighted by molar-refractivity contribution is 5.88. The van der Waals surface area contributed by atoms with Gasteiger partial charge >= 0.3 is 0 Å². The van der Waals surface area contributed by atoms with Crippen molar-refractivity contribution < 1.29 is 4.74 Å². The van der Waals surface area contributed by atoms with Crippen LogP contribution in [0.1, 0.15) is 56.0 Å². The van der Waals surface area contributed by atoms with Gasteiger partial charge in [-0.2, -0.15) is 0 Å². The van der Waals surface area contributed by atoms with Crippen molar-refractivity contribution in [3.8, 4) is 5.69 Å². The van der Waals surface area contributed by atoms with Crippen LogP contribution in [0.2, 0.25) is 0 Å². The molecule has 1 fully saturated rings. The van der Waals surface area contributed by atoms with Gasteiger partial charge in [0.15, 0.2) is 0 Å². The van der Waals surface area contributed by atoms with Crippen LogP contribution in [0, 0.1) is 23.7 Å². The van der Waals surface area contributed by atoms with Crippen LogP contribution < -0.4 is 5.32 Å². The van der Waals surface area contributed by atoms with E-state index in [1.807, 2.05) is 0 Å². The number of hydrogen-bond acceptors (Lipinski definition) is 2. The van der Waals surface area contributed by atoms with Crippen LogP contribution in [-0.4, -0.2) is 17.7 Å². The number of nitrogens with zero attached hydrogens (tertiary/aromatic N) is 1. The maximum Gasteiger partial charge on any atom is 0.0988 e. The lowest BCUT2D eigenvalue weighted by atomic mass is 9.65. The quantitative estimate of drug-likeness (QED) is 0.486. The molecule has 3 aromatic rings. The lowest BCUT2D eigenvalue weighted by molar-refractivity contribution is -0.00965. The molecule has 31 heavy (non-hydrogen) atoms. The highest BCUT2D eigenvalue weighted by Gasteiger charge is 2.39. The number of nitrogens with one attached hydrogen (secondary N) is 1. The summed E-state index contributed by atoms with van der Waals surface area (Å²) in [5, 5.41) is 5.24. The number of para-hydroxylation sites is 2. The molecule has 3 aliphatic rings. The molecule has 0 bridgehead atoms. The molecule has 5 atom stereocenters. The van der Waals surface area contributed by atoms with Crippen molar-refractivity contribution in [2.75, 3.05) is 13.1 Å². The number of rotatable bonds is 0. The molecule has 0 saturated heterocycles. The van der Waals surface area contributed by atoms with Crippen molar-refractivity contribution in [1.82, 2.24) is 9.88 Å². The van der Waals surface area contributed by atoms with Crippen molar-refractivity contribution in [2.45, 2.75) is 52.2 Å². The van der Waals surface area contributed by atoms with E-state index in [1.54, 1.807) is 0 Å². The van der Waals surface area contributed by atoms with Gasteiger partial charge in [0.2, 0.25) is 0 Å². The molecule has 6 rings (SSSR count). The second-order valence-corrected chi connectivity index (χ2v) is 10.2. The van der Waals surface area contributed by atoms with Gasteiger partial charge in [0, 0.05) is 10.9 Å². The molecule has 0 amide bonds. The molecule has 3 nitrogen and oxygen atoms in total. The molecular formula is C28H34N2O. The van der Waals surface area contributed by atoms with Crippen LogP contribution in [0.4, 0.5) is 0 Å². The van der Waals surface area contributed by atoms with Gasteiger partial charge in [-0.3, -0.25) is 0 Å². The molecule has 1 aliphatic carbocycles. The normalized spacial score (nSPS) is 30.7. The minimum Gasteiger partial charge on any atom is -0.367 e. The van der Waals surface area contributed by atoms with Crippen molar-refractivity contribution in [3.63, 3.8) is 0 Å². The summed E-state index contributed by atoms with van der Waals surface area (Å²) in [6, 6.07) is 17.8. The first-order valence-corrected chi connectivity index (χ1v) is 12.2. The first-order chi connectivity index (χ1) is 15.2. The molecule has 162 valence electrons. The van der Waals surface area contributed by atoms with Crippen LogP contribution in [-0.2, 0) is 17.8 Å². The summed E-state index contributed by atoms with van der Waals surface area (Å²) >= 11 is 0. The van der Waals surface area contributed by atoms with Crippen LogP contribution >= 0.6 is 0 Å². The zero-order chi connectivity index (χ0) is 20.9. The second-order valence-electron chi connectivity index (χ2n) is 10.2. The summed E-state index contributed by atoms with van der Waals surface area (Å²) < 4.78 is 9.34. The molecule has 0 unspecified atom stereocenters. The summed E-state index contributed by atoms with van der Waals surface area (Å²) in [7, 11) is 0. The summed E-state index contributed by atoms with van der Waals surface area (Å²) in [6.07, 6.45) is 5.08. The molecule has 1 saturated carbocycles. The van der Waals surface area contributed by atoms with Gasteiger partial charge in [-0.15, -0.1) is 0 Å². The van der Waals surface area contributed by atoms with Crippen molar-refractivity contribution >= 4 is 10.9 Å². The summed E-state index contributed by atoms with van der Waals surface area (Å²) in [5.74, 6) is 3.02. The van der Waals surface area contributed by atoms with Crippen molar-refractivity contribution in [1.29, 1.82) is 0 Å². The van der Waals surface area contributed by atoms with E-state index in [4.69, 9.17) is 4.74 Å². The van der Waals surface area contributed by atoms with E-state index >= 15 is 0 Å². The Balaban J connectivity index is 1.56. The molecular weight excluding hydrogens is 380 g/mol. The average molecular weight is 415 g/mol. The monoisotopic (exact) mass is 414 g/mol. The zero-order valence-electron chi connectivity index (χ0n) is 18.8. The SMILES string of the molecule is C[C@@H]1[C@H]2C[C@@H]3OCc4ccccc4-n4c3c(c3ccccc34)CCNC[C@@H]2CC[C@@H]1C. The third-order valence-electron chi connectivity index (χ3n) is 8.61. The van der Waals surface area contributed by atoms with Gasteiger partial charge in [-0.1, -0.05) is 56.7 Å². The third-order valence-corrected chi connectivity index (χ3v) is 8.61. The molecule has 2 aliphatic heterocycles. The first kappa shape index (κ1) is 19.6. The molecule has 0 spiro atoms. The third kappa shape index (κ3) is 3.16. The highest BCUT2D eigenvalue weighted by Crippen LogP contribution is 2.47. The van der Waals surface area contributed by atoms with Gasteiger partial charge < -0.3 is 14.6 Å². The van der Waals surface area contributed by atoms with Crippen molar-refractivity contribution in [3.05, 3.63) is 65.4 Å². The number of benzene rings is 2. The number of ether oxygens (including phenoxy) is 1. The van der Waals surface area contributed by atoms with E-state index in [2.05, 4.69) is 72.3 Å². The number of aromatic nitrogens is 1. The van der Waals surface area contributed by atoms with Crippen molar-refractivity contribution in [2.24, 2.45) is 23.7 Å². The molecule has 1 aromatic heterocycles. The Morgan fingerprint density at radius 2 is 1.84 bits per heavy atom. The maximum absolute atomic E-state index is 6.79. The minimum atomic E-state index is 0.160. The molecule has 2 aromatic carbocycles. The van der Waals surface area contributed by atoms with E-state index in [0.717, 1.165) is 43.7 Å². The van der Waals surface area contributed by atoms with Crippen LogP contribution in [0.5, 0.6) is 0 Å². The predicted octanol–water partition coefficient (Wildman–Crippen LogP) is 6.04. The molecule has 1 N–H and O–H groups in total.